The molecule has 0 bridgehead atoms. The first-order valence-corrected chi connectivity index (χ1v) is 26.2. The van der Waals surface area contributed by atoms with Crippen molar-refractivity contribution in [2.24, 2.45) is 5.92 Å². The fourth-order valence-corrected chi connectivity index (χ4v) is 9.76. The predicted octanol–water partition coefficient (Wildman–Crippen LogP) is 16.8. The number of carbonyl (C=O) groups excluding carboxylic acids is 1. The van der Waals surface area contributed by atoms with Gasteiger partial charge in [-0.2, -0.15) is 0 Å². The van der Waals surface area contributed by atoms with Crippen molar-refractivity contribution in [3.8, 4) is 45.6 Å². The molecular formula is C58H70O7S. The van der Waals surface area contributed by atoms with E-state index in [4.69, 9.17) is 18.9 Å². The highest BCUT2D eigenvalue weighted by Crippen LogP contribution is 2.31. The number of hydrogen-bond acceptors (Lipinski definition) is 7. The summed E-state index contributed by atoms with van der Waals surface area (Å²) in [6, 6.07) is 40.7. The molecule has 0 N–H and O–H groups in total. The van der Waals surface area contributed by atoms with Crippen molar-refractivity contribution in [2.75, 3.05) is 12.4 Å². The first kappa shape index (κ1) is 49.8. The molecule has 0 fully saturated rings. The molecule has 0 saturated heterocycles. The molecule has 0 amide bonds. The van der Waals surface area contributed by atoms with E-state index in [2.05, 4.69) is 6.92 Å². The number of hydrogen-bond donors (Lipinski definition) is 0. The van der Waals surface area contributed by atoms with E-state index in [0.29, 0.717) is 45.8 Å². The molecule has 0 saturated carbocycles. The molecule has 1 unspecified atom stereocenters. The zero-order valence-corrected chi connectivity index (χ0v) is 40.3. The first-order valence-electron chi connectivity index (χ1n) is 24.6. The second-order valence-electron chi connectivity index (χ2n) is 17.8. The van der Waals surface area contributed by atoms with Crippen molar-refractivity contribution in [2.45, 2.75) is 135 Å². The number of sulfone groups is 1. The highest BCUT2D eigenvalue weighted by molar-refractivity contribution is 7.91. The molecule has 1 atom stereocenters. The third kappa shape index (κ3) is 16.4. The lowest BCUT2D eigenvalue weighted by molar-refractivity contribution is 0.0734. The van der Waals surface area contributed by atoms with Crippen LogP contribution in [0.15, 0.2) is 138 Å². The van der Waals surface area contributed by atoms with Crippen LogP contribution in [0.1, 0.15) is 140 Å². The SMILES string of the molecule is CCCCCCCCCCCCCCCCCCOc1ccc2cc(C(=O)Oc3ccc(Oc4ccc(-c5ccc(Oc6ccc(S(=O)(=O)CC(C)CC)cc6)cc5)cc4)cc3)ccc2c1. The molecule has 0 aliphatic carbocycles. The van der Waals surface area contributed by atoms with Crippen molar-refractivity contribution >= 4 is 26.6 Å². The van der Waals surface area contributed by atoms with Crippen LogP contribution in [-0.4, -0.2) is 26.7 Å². The number of esters is 1. The maximum absolute atomic E-state index is 13.1. The minimum absolute atomic E-state index is 0.105. The fraction of sp³-hybridized carbons (Fsp3) is 0.397. The van der Waals surface area contributed by atoms with Gasteiger partial charge >= 0.3 is 5.97 Å². The van der Waals surface area contributed by atoms with Gasteiger partial charge in [0.25, 0.3) is 0 Å². The molecular weight excluding hydrogens is 841 g/mol. The summed E-state index contributed by atoms with van der Waals surface area (Å²) >= 11 is 0. The number of rotatable bonds is 29. The van der Waals surface area contributed by atoms with E-state index in [0.717, 1.165) is 40.5 Å². The highest BCUT2D eigenvalue weighted by Gasteiger charge is 2.18. The average molecular weight is 911 g/mol. The molecule has 7 nitrogen and oxygen atoms in total. The normalized spacial score (nSPS) is 11.9. The van der Waals surface area contributed by atoms with Crippen LogP contribution in [0.25, 0.3) is 21.9 Å². The Balaban J connectivity index is 0.868. The monoisotopic (exact) mass is 910 g/mol. The summed E-state index contributed by atoms with van der Waals surface area (Å²) in [6.07, 6.45) is 22.5. The second kappa shape index (κ2) is 26.5. The minimum atomic E-state index is -3.33. The maximum atomic E-state index is 13.1. The van der Waals surface area contributed by atoms with E-state index in [1.807, 2.05) is 92.7 Å². The molecule has 6 rings (SSSR count). The van der Waals surface area contributed by atoms with E-state index in [-0.39, 0.29) is 11.7 Å². The van der Waals surface area contributed by atoms with E-state index in [1.54, 1.807) is 54.6 Å². The van der Waals surface area contributed by atoms with Gasteiger partial charge in [-0.1, -0.05) is 160 Å². The van der Waals surface area contributed by atoms with Gasteiger partial charge in [-0.15, -0.1) is 0 Å². The Morgan fingerprint density at radius 2 is 0.879 bits per heavy atom. The van der Waals surface area contributed by atoms with E-state index in [9.17, 15) is 13.2 Å². The predicted molar refractivity (Wildman–Crippen MR) is 270 cm³/mol. The Bertz CT molecular complexity index is 2460. The zero-order valence-electron chi connectivity index (χ0n) is 39.5. The highest BCUT2D eigenvalue weighted by atomic mass is 32.2. The van der Waals surface area contributed by atoms with Crippen LogP contribution < -0.4 is 18.9 Å². The van der Waals surface area contributed by atoms with E-state index < -0.39 is 15.8 Å². The molecule has 6 aromatic rings. The summed E-state index contributed by atoms with van der Waals surface area (Å²) in [6.45, 7) is 6.94. The summed E-state index contributed by atoms with van der Waals surface area (Å²) in [5.41, 5.74) is 2.49. The van der Waals surface area contributed by atoms with Crippen molar-refractivity contribution in [1.29, 1.82) is 0 Å². The van der Waals surface area contributed by atoms with Crippen LogP contribution >= 0.6 is 0 Å². The van der Waals surface area contributed by atoms with E-state index >= 15 is 0 Å². The number of ether oxygens (including phenoxy) is 4. The topological polar surface area (TPSA) is 88.1 Å². The van der Waals surface area contributed by atoms with Crippen molar-refractivity contribution in [1.82, 2.24) is 0 Å². The van der Waals surface area contributed by atoms with Gasteiger partial charge in [0.05, 0.1) is 22.8 Å². The van der Waals surface area contributed by atoms with Crippen LogP contribution in [0, 0.1) is 5.92 Å². The lowest BCUT2D eigenvalue weighted by Gasteiger charge is -2.11. The Hall–Kier alpha value is -5.60. The van der Waals surface area contributed by atoms with Crippen molar-refractivity contribution in [3.63, 3.8) is 0 Å². The zero-order chi connectivity index (χ0) is 46.4. The Morgan fingerprint density at radius 3 is 1.38 bits per heavy atom. The van der Waals surface area contributed by atoms with Gasteiger partial charge in [0, 0.05) is 0 Å². The summed E-state index contributed by atoms with van der Waals surface area (Å²) in [4.78, 5) is 13.4. The lowest BCUT2D eigenvalue weighted by atomic mass is 10.0. The van der Waals surface area contributed by atoms with Crippen LogP contribution in [0.5, 0.6) is 34.5 Å². The van der Waals surface area contributed by atoms with Gasteiger partial charge in [-0.25, -0.2) is 13.2 Å². The van der Waals surface area contributed by atoms with Gasteiger partial charge < -0.3 is 18.9 Å². The second-order valence-corrected chi connectivity index (χ2v) is 19.8. The van der Waals surface area contributed by atoms with Gasteiger partial charge in [-0.05, 0) is 131 Å². The van der Waals surface area contributed by atoms with E-state index in [1.165, 1.54) is 96.3 Å². The molecule has 350 valence electrons. The number of unbranched alkanes of at least 4 members (excludes halogenated alkanes) is 15. The molecule has 0 aliphatic heterocycles. The van der Waals surface area contributed by atoms with Crippen LogP contribution in [0.2, 0.25) is 0 Å². The van der Waals surface area contributed by atoms with Crippen molar-refractivity contribution in [3.05, 3.63) is 139 Å². The van der Waals surface area contributed by atoms with Crippen molar-refractivity contribution < 1.29 is 32.2 Å². The Morgan fingerprint density at radius 1 is 0.470 bits per heavy atom. The molecule has 0 aromatic heterocycles. The van der Waals surface area contributed by atoms with Crippen LogP contribution in [0.3, 0.4) is 0 Å². The Kier molecular flexibility index (Phi) is 20.0. The summed E-state index contributed by atoms with van der Waals surface area (Å²) in [7, 11) is -3.33. The summed E-state index contributed by atoms with van der Waals surface area (Å²) < 4.78 is 49.2. The number of carbonyl (C=O) groups is 1. The van der Waals surface area contributed by atoms with Gasteiger partial charge in [0.2, 0.25) is 0 Å². The smallest absolute Gasteiger partial charge is 0.343 e. The Labute approximate surface area is 394 Å². The molecule has 8 heteroatoms. The number of fused-ring (bicyclic) bond motifs is 1. The van der Waals surface area contributed by atoms with Gasteiger partial charge in [0.15, 0.2) is 9.84 Å². The first-order chi connectivity index (χ1) is 32.2. The third-order valence-electron chi connectivity index (χ3n) is 12.2. The summed E-state index contributed by atoms with van der Waals surface area (Å²) in [5.74, 6) is 3.59. The quantitative estimate of drug-likeness (QED) is 0.0263. The molecule has 0 radical (unpaired) electrons. The molecule has 0 spiro atoms. The standard InChI is InChI=1S/C58H70O7S/c1-4-6-7-8-9-10-11-12-13-14-15-16-17-18-19-20-41-62-56-32-27-48-42-50(22-21-49(48)43-56)58(59)65-55-35-33-53(34-36-55)63-51-28-23-46(24-29-51)47-25-30-52(31-26-47)64-54-37-39-57(40-38-54)66(60,61)44-45(3)5-2/h21-40,42-43,45H,4-20,41,44H2,1-3H3. The average Bonchev–Trinajstić information content (AvgIpc) is 3.33. The van der Waals surface area contributed by atoms with Gasteiger partial charge in [-0.3, -0.25) is 0 Å². The summed E-state index contributed by atoms with van der Waals surface area (Å²) in [5, 5.41) is 1.97. The molecule has 0 aliphatic rings. The molecule has 66 heavy (non-hydrogen) atoms. The van der Waals surface area contributed by atoms with Crippen LogP contribution in [0.4, 0.5) is 0 Å². The van der Waals surface area contributed by atoms with Gasteiger partial charge in [0.1, 0.15) is 34.5 Å². The maximum Gasteiger partial charge on any atom is 0.343 e. The number of benzene rings is 6. The lowest BCUT2D eigenvalue weighted by Crippen LogP contribution is -2.13. The van der Waals surface area contributed by atoms with Crippen LogP contribution in [-0.2, 0) is 9.84 Å². The largest absolute Gasteiger partial charge is 0.494 e. The minimum Gasteiger partial charge on any atom is -0.494 e. The third-order valence-corrected chi connectivity index (χ3v) is 14.2. The fourth-order valence-electron chi connectivity index (χ4n) is 8.03. The molecule has 6 aromatic carbocycles. The molecule has 0 heterocycles.